The molecule has 1 atom stereocenters. The molecule has 1 aromatic heterocycles. The molecular formula is C28H24N2O. The van der Waals surface area contributed by atoms with Crippen molar-refractivity contribution in [2.45, 2.75) is 25.2 Å². The van der Waals surface area contributed by atoms with Gasteiger partial charge in [-0.15, -0.1) is 0 Å². The van der Waals surface area contributed by atoms with E-state index in [9.17, 15) is 4.79 Å². The normalized spacial score (nSPS) is 17.6. The van der Waals surface area contributed by atoms with Crippen LogP contribution >= 0.6 is 0 Å². The highest BCUT2D eigenvalue weighted by Gasteiger charge is 2.51. The van der Waals surface area contributed by atoms with Gasteiger partial charge in [0.15, 0.2) is 0 Å². The minimum absolute atomic E-state index is 0.125. The lowest BCUT2D eigenvalue weighted by atomic mass is 9.71. The summed E-state index contributed by atoms with van der Waals surface area (Å²) in [5.41, 5.74) is 5.81. The summed E-state index contributed by atoms with van der Waals surface area (Å²) < 4.78 is 0. The Morgan fingerprint density at radius 1 is 0.774 bits per heavy atom. The Kier molecular flexibility index (Phi) is 4.87. The molecule has 0 aliphatic carbocycles. The van der Waals surface area contributed by atoms with E-state index in [1.165, 1.54) is 11.1 Å². The fourth-order valence-electron chi connectivity index (χ4n) is 4.73. The maximum Gasteiger partial charge on any atom is 0.242 e. The van der Waals surface area contributed by atoms with Crippen LogP contribution in [-0.2, 0) is 23.1 Å². The standard InChI is InChI=1S/C28H24N2O/c1-21-9-5-6-10-23(21)20-28(19-22-15-17-29-18-16-22)25-13-7-8-14-26(25)30(27(28)31)24-11-3-2-4-12-24/h2-18H,19-20H2,1H3. The number of benzene rings is 3. The van der Waals surface area contributed by atoms with Gasteiger partial charge >= 0.3 is 0 Å². The SMILES string of the molecule is Cc1ccccc1CC1(Cc2ccncc2)C(=O)N(c2ccccc2)c2ccccc21. The van der Waals surface area contributed by atoms with Crippen LogP contribution in [0.2, 0.25) is 0 Å². The molecule has 1 aliphatic rings. The minimum atomic E-state index is -0.681. The summed E-state index contributed by atoms with van der Waals surface area (Å²) in [6, 6.07) is 30.6. The predicted octanol–water partition coefficient (Wildman–Crippen LogP) is 5.79. The lowest BCUT2D eigenvalue weighted by molar-refractivity contribution is -0.122. The molecule has 4 aromatic rings. The van der Waals surface area contributed by atoms with E-state index in [0.29, 0.717) is 12.8 Å². The first kappa shape index (κ1) is 19.3. The minimum Gasteiger partial charge on any atom is -0.280 e. The molecular weight excluding hydrogens is 380 g/mol. The van der Waals surface area contributed by atoms with Crippen LogP contribution in [0.15, 0.2) is 103 Å². The van der Waals surface area contributed by atoms with Gasteiger partial charge in [-0.25, -0.2) is 0 Å². The van der Waals surface area contributed by atoms with Crippen molar-refractivity contribution in [3.63, 3.8) is 0 Å². The van der Waals surface area contributed by atoms with Gasteiger partial charge < -0.3 is 0 Å². The Hall–Kier alpha value is -3.72. The molecule has 3 aromatic carbocycles. The van der Waals surface area contributed by atoms with Crippen molar-refractivity contribution in [2.75, 3.05) is 4.90 Å². The second-order valence-corrected chi connectivity index (χ2v) is 8.21. The Balaban J connectivity index is 1.71. The van der Waals surface area contributed by atoms with Gasteiger partial charge in [-0.05, 0) is 72.4 Å². The average Bonchev–Trinajstić information content (AvgIpc) is 3.04. The van der Waals surface area contributed by atoms with Gasteiger partial charge in [-0.2, -0.15) is 0 Å². The van der Waals surface area contributed by atoms with E-state index in [1.807, 2.05) is 59.5 Å². The zero-order valence-corrected chi connectivity index (χ0v) is 17.5. The van der Waals surface area contributed by atoms with E-state index in [1.54, 1.807) is 12.4 Å². The zero-order valence-electron chi connectivity index (χ0n) is 17.5. The van der Waals surface area contributed by atoms with Crippen LogP contribution in [0, 0.1) is 6.92 Å². The smallest absolute Gasteiger partial charge is 0.242 e. The van der Waals surface area contributed by atoms with Gasteiger partial charge in [0.2, 0.25) is 5.91 Å². The number of hydrogen-bond acceptors (Lipinski definition) is 2. The van der Waals surface area contributed by atoms with E-state index in [-0.39, 0.29) is 5.91 Å². The number of hydrogen-bond donors (Lipinski definition) is 0. The highest BCUT2D eigenvalue weighted by Crippen LogP contribution is 2.49. The molecule has 1 aliphatic heterocycles. The maximum atomic E-state index is 14.3. The molecule has 0 saturated carbocycles. The quantitative estimate of drug-likeness (QED) is 0.422. The number of para-hydroxylation sites is 2. The molecule has 0 spiro atoms. The highest BCUT2D eigenvalue weighted by molar-refractivity contribution is 6.13. The summed E-state index contributed by atoms with van der Waals surface area (Å²) in [7, 11) is 0. The molecule has 3 heteroatoms. The van der Waals surface area contributed by atoms with Gasteiger partial charge in [0.05, 0.1) is 11.1 Å². The summed E-state index contributed by atoms with van der Waals surface area (Å²) in [6.07, 6.45) is 4.89. The topological polar surface area (TPSA) is 33.2 Å². The number of carbonyl (C=O) groups is 1. The van der Waals surface area contributed by atoms with Gasteiger partial charge in [-0.1, -0.05) is 60.7 Å². The molecule has 31 heavy (non-hydrogen) atoms. The van der Waals surface area contributed by atoms with Crippen LogP contribution in [0.3, 0.4) is 0 Å². The molecule has 1 unspecified atom stereocenters. The molecule has 2 heterocycles. The van der Waals surface area contributed by atoms with Gasteiger partial charge in [0.25, 0.3) is 0 Å². The van der Waals surface area contributed by atoms with E-state index >= 15 is 0 Å². The maximum absolute atomic E-state index is 14.3. The number of rotatable bonds is 5. The molecule has 0 N–H and O–H groups in total. The average molecular weight is 405 g/mol. The first-order valence-corrected chi connectivity index (χ1v) is 10.6. The molecule has 3 nitrogen and oxygen atoms in total. The molecule has 0 fully saturated rings. The monoisotopic (exact) mass is 404 g/mol. The van der Waals surface area contributed by atoms with Crippen LogP contribution in [0.25, 0.3) is 0 Å². The Morgan fingerprint density at radius 2 is 1.45 bits per heavy atom. The molecule has 152 valence electrons. The number of carbonyl (C=O) groups excluding carboxylic acids is 1. The van der Waals surface area contributed by atoms with Crippen molar-refractivity contribution >= 4 is 17.3 Å². The first-order chi connectivity index (χ1) is 15.2. The van der Waals surface area contributed by atoms with Crippen molar-refractivity contribution in [2.24, 2.45) is 0 Å². The number of aromatic nitrogens is 1. The molecule has 0 radical (unpaired) electrons. The summed E-state index contributed by atoms with van der Waals surface area (Å²) in [6.45, 7) is 2.12. The van der Waals surface area contributed by atoms with E-state index in [4.69, 9.17) is 0 Å². The Bertz CT molecular complexity index is 1220. The lowest BCUT2D eigenvalue weighted by Crippen LogP contribution is -2.42. The third-order valence-corrected chi connectivity index (χ3v) is 6.30. The third kappa shape index (κ3) is 3.32. The summed E-state index contributed by atoms with van der Waals surface area (Å²) in [5.74, 6) is 0.125. The van der Waals surface area contributed by atoms with Crippen LogP contribution in [0.1, 0.15) is 22.3 Å². The summed E-state index contributed by atoms with van der Waals surface area (Å²) in [5, 5.41) is 0. The number of aryl methyl sites for hydroxylation is 1. The molecule has 0 saturated heterocycles. The van der Waals surface area contributed by atoms with Crippen LogP contribution in [0.5, 0.6) is 0 Å². The Labute approximate surface area is 183 Å². The lowest BCUT2D eigenvalue weighted by Gasteiger charge is -2.30. The zero-order chi connectivity index (χ0) is 21.3. The fourth-order valence-corrected chi connectivity index (χ4v) is 4.73. The molecule has 1 amide bonds. The largest absolute Gasteiger partial charge is 0.280 e. The fraction of sp³-hybridized carbons (Fsp3) is 0.143. The number of anilines is 2. The number of pyridine rings is 1. The second-order valence-electron chi connectivity index (χ2n) is 8.21. The number of fused-ring (bicyclic) bond motifs is 1. The van der Waals surface area contributed by atoms with Crippen molar-refractivity contribution in [3.8, 4) is 0 Å². The second kappa shape index (κ2) is 7.84. The van der Waals surface area contributed by atoms with E-state index in [0.717, 1.165) is 22.5 Å². The van der Waals surface area contributed by atoms with Crippen molar-refractivity contribution in [1.82, 2.24) is 4.98 Å². The van der Waals surface area contributed by atoms with Gasteiger partial charge in [0, 0.05) is 18.1 Å². The van der Waals surface area contributed by atoms with Crippen molar-refractivity contribution in [3.05, 3.63) is 126 Å². The van der Waals surface area contributed by atoms with Crippen molar-refractivity contribution < 1.29 is 4.79 Å². The summed E-state index contributed by atoms with van der Waals surface area (Å²) in [4.78, 5) is 20.4. The van der Waals surface area contributed by atoms with Crippen LogP contribution in [-0.4, -0.2) is 10.9 Å². The van der Waals surface area contributed by atoms with Gasteiger partial charge in [0.1, 0.15) is 0 Å². The third-order valence-electron chi connectivity index (χ3n) is 6.30. The van der Waals surface area contributed by atoms with Crippen LogP contribution < -0.4 is 4.90 Å². The highest BCUT2D eigenvalue weighted by atomic mass is 16.2. The molecule has 5 rings (SSSR count). The first-order valence-electron chi connectivity index (χ1n) is 10.6. The van der Waals surface area contributed by atoms with Gasteiger partial charge in [-0.3, -0.25) is 14.7 Å². The number of nitrogens with zero attached hydrogens (tertiary/aromatic N) is 2. The Morgan fingerprint density at radius 3 is 2.23 bits per heavy atom. The summed E-state index contributed by atoms with van der Waals surface area (Å²) >= 11 is 0. The van der Waals surface area contributed by atoms with Crippen LogP contribution in [0.4, 0.5) is 11.4 Å². The number of amides is 1. The van der Waals surface area contributed by atoms with Crippen molar-refractivity contribution in [1.29, 1.82) is 0 Å². The molecule has 0 bridgehead atoms. The van der Waals surface area contributed by atoms with E-state index in [2.05, 4.69) is 48.3 Å². The van der Waals surface area contributed by atoms with E-state index < -0.39 is 5.41 Å². The predicted molar refractivity (Wildman–Crippen MR) is 125 cm³/mol.